The Bertz CT molecular complexity index is 3170. The Kier molecular flexibility index (Phi) is 6.44. The van der Waals surface area contributed by atoms with E-state index in [4.69, 9.17) is 19.4 Å². The number of fused-ring (bicyclic) bond motifs is 11. The molecular weight excluding hydrogens is 673 g/mol. The maximum Gasteiger partial charge on any atom is 0.164 e. The number of hydrogen-bond acceptors (Lipinski definition) is 4. The molecule has 0 saturated heterocycles. The second kappa shape index (κ2) is 11.6. The zero-order valence-electron chi connectivity index (χ0n) is 30.0. The van der Waals surface area contributed by atoms with Gasteiger partial charge in [-0.2, -0.15) is 0 Å². The molecule has 7 aromatic carbocycles. The molecule has 10 aromatic rings. The summed E-state index contributed by atoms with van der Waals surface area (Å²) in [5.41, 5.74) is 13.8. The van der Waals surface area contributed by atoms with Crippen molar-refractivity contribution in [2.45, 2.75) is 31.1 Å². The fourth-order valence-corrected chi connectivity index (χ4v) is 9.80. The van der Waals surface area contributed by atoms with E-state index in [1.54, 1.807) is 0 Å². The van der Waals surface area contributed by atoms with Gasteiger partial charge < -0.3 is 8.98 Å². The molecule has 1 spiro atoms. The molecule has 2 aliphatic rings. The molecule has 0 amide bonds. The molecule has 5 heteroatoms. The highest BCUT2D eigenvalue weighted by Crippen LogP contribution is 2.58. The van der Waals surface area contributed by atoms with E-state index in [2.05, 4.69) is 114 Å². The molecule has 0 bridgehead atoms. The average molecular weight is 707 g/mol. The average Bonchev–Trinajstić information content (AvgIpc) is 4.03. The van der Waals surface area contributed by atoms with Crippen LogP contribution in [0.1, 0.15) is 36.8 Å². The van der Waals surface area contributed by atoms with E-state index in [0.717, 1.165) is 44.3 Å². The maximum absolute atomic E-state index is 6.27. The molecule has 0 N–H and O–H groups in total. The van der Waals surface area contributed by atoms with Crippen LogP contribution in [0.4, 0.5) is 0 Å². The van der Waals surface area contributed by atoms with Crippen LogP contribution in [0.5, 0.6) is 0 Å². The molecule has 260 valence electrons. The lowest BCUT2D eigenvalue weighted by Gasteiger charge is -2.26. The van der Waals surface area contributed by atoms with Gasteiger partial charge in [0, 0.05) is 49.3 Å². The van der Waals surface area contributed by atoms with Gasteiger partial charge in [-0.05, 0) is 77.6 Å². The summed E-state index contributed by atoms with van der Waals surface area (Å²) in [6, 6.07) is 56.1. The van der Waals surface area contributed by atoms with Crippen molar-refractivity contribution in [1.29, 1.82) is 0 Å². The van der Waals surface area contributed by atoms with E-state index in [0.29, 0.717) is 17.5 Å². The van der Waals surface area contributed by atoms with Crippen LogP contribution in [0.2, 0.25) is 0 Å². The first-order valence-electron chi connectivity index (χ1n) is 19.2. The van der Waals surface area contributed by atoms with Gasteiger partial charge in [0.1, 0.15) is 11.2 Å². The summed E-state index contributed by atoms with van der Waals surface area (Å²) in [5, 5.41) is 4.57. The fraction of sp³-hybridized carbons (Fsp3) is 0.100. The Balaban J connectivity index is 1.08. The molecule has 5 nitrogen and oxygen atoms in total. The van der Waals surface area contributed by atoms with Crippen LogP contribution in [-0.4, -0.2) is 19.5 Å². The highest BCUT2D eigenvalue weighted by atomic mass is 16.3. The lowest BCUT2D eigenvalue weighted by molar-refractivity contribution is 0.550. The maximum atomic E-state index is 6.27. The summed E-state index contributed by atoms with van der Waals surface area (Å²) >= 11 is 0. The number of benzene rings is 7. The number of furan rings is 1. The predicted molar refractivity (Wildman–Crippen MR) is 222 cm³/mol. The number of rotatable bonds is 4. The van der Waals surface area contributed by atoms with Gasteiger partial charge in [-0.1, -0.05) is 128 Å². The first-order valence-corrected chi connectivity index (χ1v) is 19.2. The largest absolute Gasteiger partial charge is 0.456 e. The predicted octanol–water partition coefficient (Wildman–Crippen LogP) is 12.7. The van der Waals surface area contributed by atoms with Crippen LogP contribution < -0.4 is 0 Å². The van der Waals surface area contributed by atoms with Gasteiger partial charge in [-0.3, -0.25) is 0 Å². The second-order valence-electron chi connectivity index (χ2n) is 15.1. The minimum atomic E-state index is 0.0849. The Hall–Kier alpha value is -6.85. The van der Waals surface area contributed by atoms with Crippen LogP contribution in [0, 0.1) is 0 Å². The van der Waals surface area contributed by atoms with Crippen molar-refractivity contribution in [3.8, 4) is 51.0 Å². The van der Waals surface area contributed by atoms with E-state index >= 15 is 0 Å². The number of para-hydroxylation sites is 2. The van der Waals surface area contributed by atoms with E-state index < -0.39 is 0 Å². The van der Waals surface area contributed by atoms with Gasteiger partial charge in [0.25, 0.3) is 0 Å². The molecule has 12 rings (SSSR count). The van der Waals surface area contributed by atoms with Gasteiger partial charge in [-0.25, -0.2) is 15.0 Å². The van der Waals surface area contributed by atoms with Gasteiger partial charge in [-0.15, -0.1) is 0 Å². The molecule has 55 heavy (non-hydrogen) atoms. The summed E-state index contributed by atoms with van der Waals surface area (Å²) in [7, 11) is 0. The second-order valence-corrected chi connectivity index (χ2v) is 15.1. The normalized spacial score (nSPS) is 14.4. The zero-order valence-corrected chi connectivity index (χ0v) is 30.0. The van der Waals surface area contributed by atoms with Crippen molar-refractivity contribution in [2.75, 3.05) is 0 Å². The molecule has 2 aliphatic carbocycles. The van der Waals surface area contributed by atoms with Crippen LogP contribution in [-0.2, 0) is 5.41 Å². The lowest BCUT2D eigenvalue weighted by Crippen LogP contribution is -2.20. The quantitative estimate of drug-likeness (QED) is 0.183. The topological polar surface area (TPSA) is 56.7 Å². The lowest BCUT2D eigenvalue weighted by atomic mass is 9.76. The molecule has 0 unspecified atom stereocenters. The van der Waals surface area contributed by atoms with Crippen molar-refractivity contribution < 1.29 is 4.42 Å². The number of aromatic nitrogens is 4. The molecular formula is C50H34N4O. The molecule has 0 aliphatic heterocycles. The Morgan fingerprint density at radius 2 is 1.13 bits per heavy atom. The third-order valence-corrected chi connectivity index (χ3v) is 12.2. The van der Waals surface area contributed by atoms with Gasteiger partial charge in [0.2, 0.25) is 0 Å². The Morgan fingerprint density at radius 1 is 0.455 bits per heavy atom. The third-order valence-electron chi connectivity index (χ3n) is 12.2. The van der Waals surface area contributed by atoms with E-state index in [1.807, 2.05) is 48.5 Å². The first-order chi connectivity index (χ1) is 27.2. The Labute approximate surface area is 317 Å². The summed E-state index contributed by atoms with van der Waals surface area (Å²) < 4.78 is 8.72. The van der Waals surface area contributed by atoms with Crippen LogP contribution >= 0.6 is 0 Å². The minimum absolute atomic E-state index is 0.0849. The molecule has 1 fully saturated rings. The molecule has 0 atom stereocenters. The minimum Gasteiger partial charge on any atom is -0.456 e. The monoisotopic (exact) mass is 706 g/mol. The Morgan fingerprint density at radius 3 is 2.02 bits per heavy atom. The van der Waals surface area contributed by atoms with Crippen molar-refractivity contribution in [3.63, 3.8) is 0 Å². The highest BCUT2D eigenvalue weighted by molar-refractivity contribution is 6.13. The van der Waals surface area contributed by atoms with Gasteiger partial charge in [0.15, 0.2) is 17.5 Å². The molecule has 3 heterocycles. The standard InChI is InChI=1S/C50H34N4O/c1-2-14-31(15-3-1)47-51-48(53-49(52-47)37-21-13-25-45-46(37)36-20-6-9-24-44(36)55-45)32-16-12-17-33(28-32)54-42-23-8-5-19-35(42)39-29-38-34-18-4-7-22-40(34)50(26-10-11-27-50)41(38)30-43(39)54/h1-9,12-25,28-30H,10-11,26-27H2. The van der Waals surface area contributed by atoms with Gasteiger partial charge in [0.05, 0.1) is 11.0 Å². The number of hydrogen-bond donors (Lipinski definition) is 0. The molecule has 3 aromatic heterocycles. The van der Waals surface area contributed by atoms with Crippen molar-refractivity contribution in [1.82, 2.24) is 19.5 Å². The third kappa shape index (κ3) is 4.44. The van der Waals surface area contributed by atoms with Crippen LogP contribution in [0.3, 0.4) is 0 Å². The van der Waals surface area contributed by atoms with Crippen molar-refractivity contribution >= 4 is 43.7 Å². The SMILES string of the molecule is c1ccc(-c2nc(-c3cccc(-n4c5ccccc5c5cc6c(cc54)C4(CCCC4)c4ccccc4-6)c3)nc(-c3cccc4oc5ccccc5c34)n2)cc1. The molecule has 0 radical (unpaired) electrons. The first kappa shape index (κ1) is 30.6. The summed E-state index contributed by atoms with van der Waals surface area (Å²) in [6.45, 7) is 0. The van der Waals surface area contributed by atoms with E-state index in [9.17, 15) is 0 Å². The highest BCUT2D eigenvalue weighted by Gasteiger charge is 2.45. The summed E-state index contributed by atoms with van der Waals surface area (Å²) in [4.78, 5) is 15.5. The van der Waals surface area contributed by atoms with E-state index in [-0.39, 0.29) is 5.41 Å². The summed E-state index contributed by atoms with van der Waals surface area (Å²) in [5.74, 6) is 1.86. The molecule has 1 saturated carbocycles. The summed E-state index contributed by atoms with van der Waals surface area (Å²) in [6.07, 6.45) is 4.93. The number of nitrogens with zero attached hydrogens (tertiary/aromatic N) is 4. The fourth-order valence-electron chi connectivity index (χ4n) is 9.80. The zero-order chi connectivity index (χ0) is 36.1. The van der Waals surface area contributed by atoms with Crippen molar-refractivity contribution in [3.05, 3.63) is 169 Å². The van der Waals surface area contributed by atoms with Crippen LogP contribution in [0.25, 0.3) is 94.7 Å². The van der Waals surface area contributed by atoms with E-state index in [1.165, 1.54) is 69.7 Å². The van der Waals surface area contributed by atoms with Crippen molar-refractivity contribution in [2.24, 2.45) is 0 Å². The smallest absolute Gasteiger partial charge is 0.164 e. The van der Waals surface area contributed by atoms with Gasteiger partial charge >= 0.3 is 0 Å². The van der Waals surface area contributed by atoms with Crippen LogP contribution in [0.15, 0.2) is 162 Å².